The van der Waals surface area contributed by atoms with Gasteiger partial charge in [0.05, 0.1) is 19.8 Å². The summed E-state index contributed by atoms with van der Waals surface area (Å²) in [5, 5.41) is 11.4. The maximum absolute atomic E-state index is 11.4. The molecule has 1 aromatic carbocycles. The maximum atomic E-state index is 11.4. The van der Waals surface area contributed by atoms with E-state index in [-0.39, 0.29) is 18.3 Å². The van der Waals surface area contributed by atoms with Crippen LogP contribution < -0.4 is 0 Å². The SMILES string of the molecule is Cl.OC(C#CCN1CCOCC1)(c1ccccc1)C1CCCCC1. The fourth-order valence-corrected chi connectivity index (χ4v) is 3.67. The van der Waals surface area contributed by atoms with E-state index in [1.165, 1.54) is 19.3 Å². The summed E-state index contributed by atoms with van der Waals surface area (Å²) in [4.78, 5) is 2.29. The lowest BCUT2D eigenvalue weighted by Crippen LogP contribution is -2.37. The summed E-state index contributed by atoms with van der Waals surface area (Å²) in [6, 6.07) is 10.0. The highest BCUT2D eigenvalue weighted by Crippen LogP contribution is 2.38. The van der Waals surface area contributed by atoms with Crippen molar-refractivity contribution in [3.63, 3.8) is 0 Å². The van der Waals surface area contributed by atoms with Crippen LogP contribution in [0.3, 0.4) is 0 Å². The van der Waals surface area contributed by atoms with Crippen LogP contribution in [-0.2, 0) is 10.3 Å². The van der Waals surface area contributed by atoms with E-state index in [0.717, 1.165) is 44.7 Å². The van der Waals surface area contributed by atoms with E-state index in [1.54, 1.807) is 0 Å². The van der Waals surface area contributed by atoms with Gasteiger partial charge in [-0.05, 0) is 18.4 Å². The highest BCUT2D eigenvalue weighted by molar-refractivity contribution is 5.85. The Morgan fingerprint density at radius 3 is 2.42 bits per heavy atom. The molecular formula is C20H28ClNO2. The molecule has 1 aliphatic heterocycles. The molecule has 1 N–H and O–H groups in total. The topological polar surface area (TPSA) is 32.7 Å². The van der Waals surface area contributed by atoms with Crippen LogP contribution in [0.15, 0.2) is 30.3 Å². The molecule has 0 radical (unpaired) electrons. The Morgan fingerprint density at radius 2 is 1.75 bits per heavy atom. The van der Waals surface area contributed by atoms with Gasteiger partial charge in [-0.25, -0.2) is 0 Å². The Bertz CT molecular complexity index is 542. The molecule has 0 aromatic heterocycles. The molecule has 1 heterocycles. The van der Waals surface area contributed by atoms with Crippen molar-refractivity contribution in [3.05, 3.63) is 35.9 Å². The Balaban J connectivity index is 0.00000208. The highest BCUT2D eigenvalue weighted by Gasteiger charge is 2.37. The summed E-state index contributed by atoms with van der Waals surface area (Å²) in [6.45, 7) is 4.15. The second kappa shape index (κ2) is 9.44. The summed E-state index contributed by atoms with van der Waals surface area (Å²) in [7, 11) is 0. The van der Waals surface area contributed by atoms with Crippen LogP contribution >= 0.6 is 12.4 Å². The lowest BCUT2D eigenvalue weighted by atomic mass is 9.73. The zero-order valence-electron chi connectivity index (χ0n) is 14.2. The summed E-state index contributed by atoms with van der Waals surface area (Å²) in [6.07, 6.45) is 5.81. The molecule has 24 heavy (non-hydrogen) atoms. The summed E-state index contributed by atoms with van der Waals surface area (Å²) >= 11 is 0. The minimum Gasteiger partial charge on any atom is -0.379 e. The normalized spacial score (nSPS) is 21.9. The zero-order chi connectivity index (χ0) is 16.0. The average molecular weight is 350 g/mol. The molecule has 1 atom stereocenters. The molecule has 1 aliphatic carbocycles. The van der Waals surface area contributed by atoms with E-state index in [1.807, 2.05) is 30.3 Å². The zero-order valence-corrected chi connectivity index (χ0v) is 15.1. The van der Waals surface area contributed by atoms with Crippen LogP contribution in [-0.4, -0.2) is 42.9 Å². The lowest BCUT2D eigenvalue weighted by Gasteiger charge is -2.35. The van der Waals surface area contributed by atoms with Gasteiger partial charge in [0, 0.05) is 19.0 Å². The Hall–Kier alpha value is -1.05. The fourth-order valence-electron chi connectivity index (χ4n) is 3.67. The third-order valence-corrected chi connectivity index (χ3v) is 5.10. The van der Waals surface area contributed by atoms with Crippen molar-refractivity contribution >= 4 is 12.4 Å². The van der Waals surface area contributed by atoms with E-state index in [0.29, 0.717) is 6.54 Å². The van der Waals surface area contributed by atoms with Gasteiger partial charge in [-0.1, -0.05) is 61.4 Å². The Labute approximate surface area is 151 Å². The van der Waals surface area contributed by atoms with Crippen molar-refractivity contribution in [1.82, 2.24) is 4.90 Å². The van der Waals surface area contributed by atoms with Crippen LogP contribution in [0.2, 0.25) is 0 Å². The molecule has 0 bridgehead atoms. The van der Waals surface area contributed by atoms with Gasteiger partial charge in [-0.15, -0.1) is 12.4 Å². The quantitative estimate of drug-likeness (QED) is 0.850. The van der Waals surface area contributed by atoms with Crippen LogP contribution in [0.5, 0.6) is 0 Å². The van der Waals surface area contributed by atoms with Gasteiger partial charge in [-0.2, -0.15) is 0 Å². The van der Waals surface area contributed by atoms with E-state index in [9.17, 15) is 5.11 Å². The number of hydrogen-bond acceptors (Lipinski definition) is 3. The largest absolute Gasteiger partial charge is 0.379 e. The van der Waals surface area contributed by atoms with Crippen molar-refractivity contribution in [2.75, 3.05) is 32.8 Å². The number of rotatable bonds is 3. The number of benzene rings is 1. The first-order valence-electron chi connectivity index (χ1n) is 8.87. The fraction of sp³-hybridized carbons (Fsp3) is 0.600. The molecule has 0 spiro atoms. The van der Waals surface area contributed by atoms with Crippen molar-refractivity contribution in [2.45, 2.75) is 37.7 Å². The first-order chi connectivity index (χ1) is 11.3. The molecule has 1 unspecified atom stereocenters. The molecule has 1 saturated heterocycles. The number of ether oxygens (including phenoxy) is 1. The van der Waals surface area contributed by atoms with Crippen molar-refractivity contribution in [3.8, 4) is 11.8 Å². The van der Waals surface area contributed by atoms with Crippen molar-refractivity contribution in [1.29, 1.82) is 0 Å². The predicted molar refractivity (Wildman–Crippen MR) is 99.2 cm³/mol. The monoisotopic (exact) mass is 349 g/mol. The van der Waals surface area contributed by atoms with Crippen LogP contribution in [0, 0.1) is 17.8 Å². The minimum absolute atomic E-state index is 0. The van der Waals surface area contributed by atoms with Gasteiger partial charge in [0.25, 0.3) is 0 Å². The summed E-state index contributed by atoms with van der Waals surface area (Å²) in [5.41, 5.74) is -0.0603. The maximum Gasteiger partial charge on any atom is 0.153 e. The third-order valence-electron chi connectivity index (χ3n) is 5.10. The summed E-state index contributed by atoms with van der Waals surface area (Å²) in [5.74, 6) is 6.76. The lowest BCUT2D eigenvalue weighted by molar-refractivity contribution is 0.0156. The number of halogens is 1. The van der Waals surface area contributed by atoms with Gasteiger partial charge in [0.1, 0.15) is 0 Å². The van der Waals surface area contributed by atoms with E-state index in [2.05, 4.69) is 16.7 Å². The Kier molecular flexibility index (Phi) is 7.58. The number of nitrogens with zero attached hydrogens (tertiary/aromatic N) is 1. The third kappa shape index (κ3) is 4.74. The molecule has 2 aliphatic rings. The van der Waals surface area contributed by atoms with Crippen LogP contribution in [0.1, 0.15) is 37.7 Å². The molecule has 1 aromatic rings. The number of morpholine rings is 1. The molecule has 1 saturated carbocycles. The van der Waals surface area contributed by atoms with E-state index < -0.39 is 5.60 Å². The average Bonchev–Trinajstić information content (AvgIpc) is 2.64. The molecule has 4 heteroatoms. The van der Waals surface area contributed by atoms with Gasteiger partial charge in [0.2, 0.25) is 0 Å². The first-order valence-corrected chi connectivity index (χ1v) is 8.87. The smallest absolute Gasteiger partial charge is 0.153 e. The first kappa shape index (κ1) is 19.3. The molecule has 3 nitrogen and oxygen atoms in total. The number of hydrogen-bond donors (Lipinski definition) is 1. The van der Waals surface area contributed by atoms with E-state index in [4.69, 9.17) is 4.74 Å². The van der Waals surface area contributed by atoms with Crippen LogP contribution in [0.25, 0.3) is 0 Å². The van der Waals surface area contributed by atoms with Crippen molar-refractivity contribution in [2.24, 2.45) is 5.92 Å². The summed E-state index contributed by atoms with van der Waals surface area (Å²) < 4.78 is 5.37. The second-order valence-corrected chi connectivity index (χ2v) is 6.66. The Morgan fingerprint density at radius 1 is 1.08 bits per heavy atom. The second-order valence-electron chi connectivity index (χ2n) is 6.66. The molecule has 132 valence electrons. The van der Waals surface area contributed by atoms with Gasteiger partial charge < -0.3 is 9.84 Å². The highest BCUT2D eigenvalue weighted by atomic mass is 35.5. The molecular weight excluding hydrogens is 322 g/mol. The van der Waals surface area contributed by atoms with Gasteiger partial charge >= 0.3 is 0 Å². The molecule has 2 fully saturated rings. The van der Waals surface area contributed by atoms with Gasteiger partial charge in [-0.3, -0.25) is 4.90 Å². The molecule has 3 rings (SSSR count). The predicted octanol–water partition coefficient (Wildman–Crippen LogP) is 3.21. The number of aliphatic hydroxyl groups is 1. The van der Waals surface area contributed by atoms with E-state index >= 15 is 0 Å². The van der Waals surface area contributed by atoms with Gasteiger partial charge in [0.15, 0.2) is 5.60 Å². The standard InChI is InChI=1S/C20H27NO2.ClH/c22-20(18-8-3-1-4-9-18,19-10-5-2-6-11-19)12-7-13-21-14-16-23-17-15-21;/h1,3-4,8-9,19,22H,2,5-6,10-11,13-17H2;1H. The molecule has 0 amide bonds. The van der Waals surface area contributed by atoms with Crippen molar-refractivity contribution < 1.29 is 9.84 Å². The van der Waals surface area contributed by atoms with Crippen LogP contribution in [0.4, 0.5) is 0 Å². The minimum atomic E-state index is -1.01.